The lowest BCUT2D eigenvalue weighted by atomic mass is 9.94. The molecule has 17 heavy (non-hydrogen) atoms. The number of hydrogen-bond acceptors (Lipinski definition) is 2. The number of aryl methyl sites for hydroxylation is 1. The van der Waals surface area contributed by atoms with Gasteiger partial charge in [-0.3, -0.25) is 0 Å². The van der Waals surface area contributed by atoms with E-state index in [0.717, 1.165) is 11.9 Å². The quantitative estimate of drug-likeness (QED) is 0.783. The molecule has 0 saturated heterocycles. The fourth-order valence-corrected chi connectivity index (χ4v) is 3.11. The third-order valence-electron chi connectivity index (χ3n) is 3.59. The van der Waals surface area contributed by atoms with Crippen LogP contribution >= 0.6 is 15.9 Å². The van der Waals surface area contributed by atoms with Crippen LogP contribution in [0.25, 0.3) is 0 Å². The van der Waals surface area contributed by atoms with E-state index in [4.69, 9.17) is 0 Å². The number of pyridine rings is 1. The minimum absolute atomic E-state index is 0.690. The Labute approximate surface area is 113 Å². The Morgan fingerprint density at radius 3 is 2.76 bits per heavy atom. The van der Waals surface area contributed by atoms with Crippen molar-refractivity contribution in [3.05, 3.63) is 23.9 Å². The zero-order valence-electron chi connectivity index (χ0n) is 10.5. The smallest absolute Gasteiger partial charge is 0.131 e. The molecule has 0 amide bonds. The van der Waals surface area contributed by atoms with Gasteiger partial charge in [-0.15, -0.1) is 0 Å². The van der Waals surface area contributed by atoms with Crippen molar-refractivity contribution in [2.45, 2.75) is 45.1 Å². The molecule has 1 aromatic heterocycles. The average molecular weight is 297 g/mol. The Hall–Kier alpha value is -0.570. The van der Waals surface area contributed by atoms with E-state index >= 15 is 0 Å². The van der Waals surface area contributed by atoms with Gasteiger partial charge in [-0.1, -0.05) is 41.3 Å². The highest BCUT2D eigenvalue weighted by molar-refractivity contribution is 9.09. The van der Waals surface area contributed by atoms with Crippen molar-refractivity contribution in [3.63, 3.8) is 0 Å². The third-order valence-corrected chi connectivity index (χ3v) is 3.95. The Balaban J connectivity index is 2.18. The molecule has 1 heterocycles. The molecule has 3 heteroatoms. The summed E-state index contributed by atoms with van der Waals surface area (Å²) in [6.45, 7) is 3.22. The molecule has 0 atom stereocenters. The summed E-state index contributed by atoms with van der Waals surface area (Å²) in [4.78, 5) is 7.08. The van der Waals surface area contributed by atoms with Crippen LogP contribution in [0.1, 0.15) is 37.7 Å². The number of hydrogen-bond donors (Lipinski definition) is 0. The van der Waals surface area contributed by atoms with Gasteiger partial charge in [-0.2, -0.15) is 0 Å². The second-order valence-corrected chi connectivity index (χ2v) is 5.61. The predicted molar refractivity (Wildman–Crippen MR) is 77.0 cm³/mol. The maximum atomic E-state index is 4.58. The van der Waals surface area contributed by atoms with Gasteiger partial charge in [0.15, 0.2) is 0 Å². The monoisotopic (exact) mass is 296 g/mol. The number of alkyl halides is 1. The number of aromatic nitrogens is 1. The van der Waals surface area contributed by atoms with E-state index in [1.165, 1.54) is 43.5 Å². The summed E-state index contributed by atoms with van der Waals surface area (Å²) in [6, 6.07) is 4.87. The molecule has 94 valence electrons. The first-order chi connectivity index (χ1) is 8.33. The van der Waals surface area contributed by atoms with Crippen LogP contribution in [0.5, 0.6) is 0 Å². The molecular weight excluding hydrogens is 276 g/mol. The minimum atomic E-state index is 0.690. The van der Waals surface area contributed by atoms with Crippen LogP contribution in [0, 0.1) is 6.92 Å². The summed E-state index contributed by atoms with van der Waals surface area (Å²) in [7, 11) is 0. The molecule has 1 saturated carbocycles. The number of rotatable bonds is 4. The first-order valence-electron chi connectivity index (χ1n) is 6.57. The normalized spacial score (nSPS) is 17.1. The summed E-state index contributed by atoms with van der Waals surface area (Å²) < 4.78 is 0. The van der Waals surface area contributed by atoms with Gasteiger partial charge < -0.3 is 4.90 Å². The summed E-state index contributed by atoms with van der Waals surface area (Å²) in [5, 5.41) is 1.01. The topological polar surface area (TPSA) is 16.1 Å². The Morgan fingerprint density at radius 1 is 1.35 bits per heavy atom. The number of nitrogens with zero attached hydrogens (tertiary/aromatic N) is 2. The maximum Gasteiger partial charge on any atom is 0.131 e. The molecular formula is C14H21BrN2. The third kappa shape index (κ3) is 3.21. The van der Waals surface area contributed by atoms with E-state index in [1.807, 2.05) is 12.3 Å². The van der Waals surface area contributed by atoms with E-state index in [-0.39, 0.29) is 0 Å². The SMILES string of the molecule is Cc1cccnc1N(CCBr)C1CCCCC1. The molecule has 1 aliphatic rings. The molecule has 0 radical (unpaired) electrons. The van der Waals surface area contributed by atoms with Crippen molar-refractivity contribution in [3.8, 4) is 0 Å². The highest BCUT2D eigenvalue weighted by Gasteiger charge is 2.22. The summed E-state index contributed by atoms with van der Waals surface area (Å²) >= 11 is 3.57. The van der Waals surface area contributed by atoms with Gasteiger partial charge in [-0.05, 0) is 31.4 Å². The molecule has 0 unspecified atom stereocenters. The van der Waals surface area contributed by atoms with E-state index in [0.29, 0.717) is 6.04 Å². The zero-order chi connectivity index (χ0) is 12.1. The molecule has 0 N–H and O–H groups in total. The second kappa shape index (κ2) is 6.39. The van der Waals surface area contributed by atoms with Gasteiger partial charge in [0.1, 0.15) is 5.82 Å². The van der Waals surface area contributed by atoms with Gasteiger partial charge in [0.05, 0.1) is 0 Å². The van der Waals surface area contributed by atoms with Gasteiger partial charge in [-0.25, -0.2) is 4.98 Å². The fraction of sp³-hybridized carbons (Fsp3) is 0.643. The van der Waals surface area contributed by atoms with Crippen molar-refractivity contribution in [1.29, 1.82) is 0 Å². The van der Waals surface area contributed by atoms with Crippen LogP contribution < -0.4 is 4.90 Å². The standard InChI is InChI=1S/C14H21BrN2/c1-12-6-5-10-16-14(12)17(11-9-15)13-7-3-2-4-8-13/h5-6,10,13H,2-4,7-9,11H2,1H3. The van der Waals surface area contributed by atoms with Gasteiger partial charge in [0.25, 0.3) is 0 Å². The second-order valence-electron chi connectivity index (χ2n) is 4.82. The molecule has 0 aliphatic heterocycles. The van der Waals surface area contributed by atoms with E-state index in [1.54, 1.807) is 0 Å². The Kier molecular flexibility index (Phi) is 4.84. The van der Waals surface area contributed by atoms with Crippen LogP contribution in [-0.4, -0.2) is 22.9 Å². The van der Waals surface area contributed by atoms with Crippen LogP contribution in [0.15, 0.2) is 18.3 Å². The zero-order valence-corrected chi connectivity index (χ0v) is 12.1. The van der Waals surface area contributed by atoms with E-state index in [9.17, 15) is 0 Å². The van der Waals surface area contributed by atoms with Crippen molar-refractivity contribution in [2.24, 2.45) is 0 Å². The van der Waals surface area contributed by atoms with Crippen molar-refractivity contribution < 1.29 is 0 Å². The van der Waals surface area contributed by atoms with E-state index < -0.39 is 0 Å². The number of halogens is 1. The van der Waals surface area contributed by atoms with Gasteiger partial charge in [0.2, 0.25) is 0 Å². The first kappa shape index (κ1) is 12.9. The lowest BCUT2D eigenvalue weighted by Gasteiger charge is -2.35. The summed E-state index contributed by atoms with van der Waals surface area (Å²) in [5.74, 6) is 1.18. The molecule has 0 spiro atoms. The Morgan fingerprint density at radius 2 is 2.12 bits per heavy atom. The molecule has 1 aromatic rings. The summed E-state index contributed by atoms with van der Waals surface area (Å²) in [6.07, 6.45) is 8.70. The fourth-order valence-electron chi connectivity index (χ4n) is 2.72. The lowest BCUT2D eigenvalue weighted by Crippen LogP contribution is -2.39. The minimum Gasteiger partial charge on any atom is -0.353 e. The highest BCUT2D eigenvalue weighted by Crippen LogP contribution is 2.27. The van der Waals surface area contributed by atoms with Crippen molar-refractivity contribution in [2.75, 3.05) is 16.8 Å². The van der Waals surface area contributed by atoms with Gasteiger partial charge in [0, 0.05) is 24.1 Å². The van der Waals surface area contributed by atoms with Gasteiger partial charge >= 0.3 is 0 Å². The highest BCUT2D eigenvalue weighted by atomic mass is 79.9. The molecule has 0 aromatic carbocycles. The maximum absolute atomic E-state index is 4.58. The van der Waals surface area contributed by atoms with Crippen molar-refractivity contribution in [1.82, 2.24) is 4.98 Å². The molecule has 2 nitrogen and oxygen atoms in total. The first-order valence-corrected chi connectivity index (χ1v) is 7.69. The molecule has 0 bridgehead atoms. The van der Waals surface area contributed by atoms with Crippen LogP contribution in [0.4, 0.5) is 5.82 Å². The molecule has 1 fully saturated rings. The Bertz CT molecular complexity index is 348. The van der Waals surface area contributed by atoms with Crippen LogP contribution in [0.3, 0.4) is 0 Å². The van der Waals surface area contributed by atoms with Crippen LogP contribution in [-0.2, 0) is 0 Å². The largest absolute Gasteiger partial charge is 0.353 e. The summed E-state index contributed by atoms with van der Waals surface area (Å²) in [5.41, 5.74) is 1.29. The molecule has 2 rings (SSSR count). The van der Waals surface area contributed by atoms with Crippen molar-refractivity contribution >= 4 is 21.7 Å². The lowest BCUT2D eigenvalue weighted by molar-refractivity contribution is 0.416. The van der Waals surface area contributed by atoms with Crippen LogP contribution in [0.2, 0.25) is 0 Å². The molecule has 1 aliphatic carbocycles. The predicted octanol–water partition coefficient (Wildman–Crippen LogP) is 3.92. The van der Waals surface area contributed by atoms with E-state index in [2.05, 4.69) is 38.8 Å². The number of anilines is 1. The average Bonchev–Trinajstić information content (AvgIpc) is 2.38.